The van der Waals surface area contributed by atoms with E-state index in [2.05, 4.69) is 20.8 Å². The van der Waals surface area contributed by atoms with Crippen LogP contribution in [0, 0.1) is 0 Å². The predicted octanol–water partition coefficient (Wildman–Crippen LogP) is 3.79. The number of hydrogen-bond acceptors (Lipinski definition) is 2. The van der Waals surface area contributed by atoms with Gasteiger partial charge in [0.25, 0.3) is 0 Å². The minimum Gasteiger partial charge on any atom is -0.481 e. The standard InChI is InChI=1S/C13H17BrClNO2/c1-3-16(9(2)6-13(17)18)8-10-7-11(15)4-5-12(10)14/h4-5,7,9H,3,6,8H2,1-2H3,(H,17,18). The summed E-state index contributed by atoms with van der Waals surface area (Å²) in [5.74, 6) is -0.772. The van der Waals surface area contributed by atoms with Gasteiger partial charge in [-0.15, -0.1) is 0 Å². The molecule has 1 aromatic carbocycles. The summed E-state index contributed by atoms with van der Waals surface area (Å²) < 4.78 is 0.993. The molecule has 0 saturated heterocycles. The maximum atomic E-state index is 10.7. The first-order valence-corrected chi connectivity index (χ1v) is 7.01. The van der Waals surface area contributed by atoms with Gasteiger partial charge < -0.3 is 5.11 Å². The van der Waals surface area contributed by atoms with Gasteiger partial charge in [0.1, 0.15) is 0 Å². The van der Waals surface area contributed by atoms with Gasteiger partial charge >= 0.3 is 5.97 Å². The molecule has 1 rings (SSSR count). The Bertz CT molecular complexity index is 425. The molecule has 1 aromatic rings. The van der Waals surface area contributed by atoms with Crippen molar-refractivity contribution in [1.29, 1.82) is 0 Å². The van der Waals surface area contributed by atoms with Crippen LogP contribution in [-0.2, 0) is 11.3 Å². The summed E-state index contributed by atoms with van der Waals surface area (Å²) in [6.07, 6.45) is 0.145. The number of benzene rings is 1. The highest BCUT2D eigenvalue weighted by molar-refractivity contribution is 9.10. The molecule has 0 saturated carbocycles. The van der Waals surface area contributed by atoms with Gasteiger partial charge in [-0.1, -0.05) is 34.5 Å². The number of carboxylic acids is 1. The van der Waals surface area contributed by atoms with Crippen LogP contribution < -0.4 is 0 Å². The van der Waals surface area contributed by atoms with E-state index in [-0.39, 0.29) is 12.5 Å². The summed E-state index contributed by atoms with van der Waals surface area (Å²) >= 11 is 9.46. The highest BCUT2D eigenvalue weighted by Gasteiger charge is 2.16. The first-order chi connectivity index (χ1) is 8.43. The van der Waals surface area contributed by atoms with Crippen LogP contribution >= 0.6 is 27.5 Å². The number of aliphatic carboxylic acids is 1. The molecule has 0 amide bonds. The molecular formula is C13H17BrClNO2. The van der Waals surface area contributed by atoms with E-state index in [4.69, 9.17) is 16.7 Å². The van der Waals surface area contributed by atoms with Crippen molar-refractivity contribution >= 4 is 33.5 Å². The van der Waals surface area contributed by atoms with Crippen molar-refractivity contribution in [2.45, 2.75) is 32.9 Å². The van der Waals surface area contributed by atoms with Crippen molar-refractivity contribution in [3.8, 4) is 0 Å². The molecule has 0 bridgehead atoms. The van der Waals surface area contributed by atoms with Gasteiger partial charge in [0, 0.05) is 22.1 Å². The average molecular weight is 335 g/mol. The molecule has 1 atom stereocenters. The fraction of sp³-hybridized carbons (Fsp3) is 0.462. The van der Waals surface area contributed by atoms with Gasteiger partial charge in [-0.3, -0.25) is 9.69 Å². The highest BCUT2D eigenvalue weighted by atomic mass is 79.9. The summed E-state index contributed by atoms with van der Waals surface area (Å²) in [6, 6.07) is 5.64. The summed E-state index contributed by atoms with van der Waals surface area (Å²) in [6.45, 7) is 5.44. The predicted molar refractivity (Wildman–Crippen MR) is 77.0 cm³/mol. The lowest BCUT2D eigenvalue weighted by molar-refractivity contribution is -0.138. The van der Waals surface area contributed by atoms with E-state index in [0.717, 1.165) is 16.6 Å². The Morgan fingerprint density at radius 3 is 2.78 bits per heavy atom. The topological polar surface area (TPSA) is 40.5 Å². The number of halogens is 2. The minimum atomic E-state index is -0.772. The molecule has 5 heteroatoms. The molecule has 0 aliphatic heterocycles. The fourth-order valence-electron chi connectivity index (χ4n) is 1.84. The zero-order valence-electron chi connectivity index (χ0n) is 10.5. The molecule has 0 aliphatic rings. The molecule has 100 valence electrons. The van der Waals surface area contributed by atoms with Crippen molar-refractivity contribution in [2.75, 3.05) is 6.54 Å². The molecule has 0 spiro atoms. The highest BCUT2D eigenvalue weighted by Crippen LogP contribution is 2.23. The summed E-state index contributed by atoms with van der Waals surface area (Å²) in [5.41, 5.74) is 1.07. The second-order valence-corrected chi connectivity index (χ2v) is 5.54. The van der Waals surface area contributed by atoms with Crippen LogP contribution in [0.15, 0.2) is 22.7 Å². The molecular weight excluding hydrogens is 318 g/mol. The van der Waals surface area contributed by atoms with Gasteiger partial charge in [0.15, 0.2) is 0 Å². The summed E-state index contributed by atoms with van der Waals surface area (Å²) in [4.78, 5) is 12.9. The Balaban J connectivity index is 2.79. The number of carbonyl (C=O) groups is 1. The summed E-state index contributed by atoms with van der Waals surface area (Å²) in [7, 11) is 0. The Hall–Kier alpha value is -0.580. The van der Waals surface area contributed by atoms with Gasteiger partial charge in [-0.25, -0.2) is 0 Å². The second kappa shape index (κ2) is 7.12. The van der Waals surface area contributed by atoms with Gasteiger partial charge in [0.05, 0.1) is 6.42 Å². The van der Waals surface area contributed by atoms with E-state index >= 15 is 0 Å². The monoisotopic (exact) mass is 333 g/mol. The molecule has 0 radical (unpaired) electrons. The number of rotatable bonds is 6. The van der Waals surface area contributed by atoms with Crippen molar-refractivity contribution < 1.29 is 9.90 Å². The normalized spacial score (nSPS) is 12.7. The average Bonchev–Trinajstić information content (AvgIpc) is 2.29. The lowest BCUT2D eigenvalue weighted by Crippen LogP contribution is -2.34. The van der Waals surface area contributed by atoms with E-state index in [9.17, 15) is 4.79 Å². The Kier molecular flexibility index (Phi) is 6.12. The van der Waals surface area contributed by atoms with Crippen LogP contribution in [0.1, 0.15) is 25.8 Å². The SMILES string of the molecule is CCN(Cc1cc(Cl)ccc1Br)C(C)CC(=O)O. The van der Waals surface area contributed by atoms with Crippen LogP contribution in [-0.4, -0.2) is 28.6 Å². The maximum Gasteiger partial charge on any atom is 0.304 e. The third kappa shape index (κ3) is 4.59. The lowest BCUT2D eigenvalue weighted by atomic mass is 10.1. The Labute approximate surface area is 121 Å². The molecule has 0 aliphatic carbocycles. The van der Waals surface area contributed by atoms with Gasteiger partial charge in [-0.2, -0.15) is 0 Å². The maximum absolute atomic E-state index is 10.7. The quantitative estimate of drug-likeness (QED) is 0.860. The molecule has 18 heavy (non-hydrogen) atoms. The van der Waals surface area contributed by atoms with Crippen LogP contribution in [0.25, 0.3) is 0 Å². The Morgan fingerprint density at radius 2 is 2.22 bits per heavy atom. The largest absolute Gasteiger partial charge is 0.481 e. The third-order valence-corrected chi connectivity index (χ3v) is 3.89. The van der Waals surface area contributed by atoms with Gasteiger partial charge in [0.2, 0.25) is 0 Å². The van der Waals surface area contributed by atoms with E-state index < -0.39 is 5.97 Å². The zero-order chi connectivity index (χ0) is 13.7. The molecule has 0 aromatic heterocycles. The first-order valence-electron chi connectivity index (χ1n) is 5.83. The summed E-state index contributed by atoms with van der Waals surface area (Å²) in [5, 5.41) is 9.53. The fourth-order valence-corrected chi connectivity index (χ4v) is 2.41. The molecule has 1 unspecified atom stereocenters. The van der Waals surface area contributed by atoms with E-state index in [1.807, 2.05) is 32.0 Å². The van der Waals surface area contributed by atoms with Crippen molar-refractivity contribution in [1.82, 2.24) is 4.90 Å². The van der Waals surface area contributed by atoms with Crippen LogP contribution in [0.3, 0.4) is 0 Å². The van der Waals surface area contributed by atoms with Crippen LogP contribution in [0.2, 0.25) is 5.02 Å². The molecule has 3 nitrogen and oxygen atoms in total. The van der Waals surface area contributed by atoms with Crippen molar-refractivity contribution in [3.05, 3.63) is 33.3 Å². The number of nitrogens with zero attached hydrogens (tertiary/aromatic N) is 1. The van der Waals surface area contributed by atoms with Gasteiger partial charge in [-0.05, 0) is 37.2 Å². The lowest BCUT2D eigenvalue weighted by Gasteiger charge is -2.27. The number of carboxylic acid groups (broad SMARTS) is 1. The van der Waals surface area contributed by atoms with E-state index in [1.54, 1.807) is 0 Å². The Morgan fingerprint density at radius 1 is 1.56 bits per heavy atom. The first kappa shape index (κ1) is 15.5. The van der Waals surface area contributed by atoms with Crippen molar-refractivity contribution in [2.24, 2.45) is 0 Å². The van der Waals surface area contributed by atoms with E-state index in [1.165, 1.54) is 0 Å². The van der Waals surface area contributed by atoms with Crippen LogP contribution in [0.5, 0.6) is 0 Å². The molecule has 0 fully saturated rings. The van der Waals surface area contributed by atoms with Crippen LogP contribution in [0.4, 0.5) is 0 Å². The second-order valence-electron chi connectivity index (χ2n) is 4.25. The molecule has 0 heterocycles. The van der Waals surface area contributed by atoms with E-state index in [0.29, 0.717) is 11.6 Å². The minimum absolute atomic E-state index is 0.00150. The van der Waals surface area contributed by atoms with Crippen molar-refractivity contribution in [3.63, 3.8) is 0 Å². The zero-order valence-corrected chi connectivity index (χ0v) is 12.8. The third-order valence-electron chi connectivity index (χ3n) is 2.88. The smallest absolute Gasteiger partial charge is 0.304 e. The number of hydrogen-bond donors (Lipinski definition) is 1. The molecule has 1 N–H and O–H groups in total.